The first kappa shape index (κ1) is 14.5. The monoisotopic (exact) mass is 340 g/mol. The van der Waals surface area contributed by atoms with E-state index in [9.17, 15) is 13.6 Å². The second kappa shape index (κ2) is 5.58. The maximum atomic E-state index is 13.6. The van der Waals surface area contributed by atoms with E-state index in [1.165, 1.54) is 0 Å². The Morgan fingerprint density at radius 1 is 1.20 bits per heavy atom. The zero-order valence-electron chi connectivity index (χ0n) is 10.5. The molecule has 0 fully saturated rings. The minimum absolute atomic E-state index is 0.274. The quantitative estimate of drug-likeness (QED) is 0.815. The SMILES string of the molecule is Cc1cc(Br)ccc1NC(=O)c1cc(N)c(F)cc1F. The first-order chi connectivity index (χ1) is 9.38. The summed E-state index contributed by atoms with van der Waals surface area (Å²) in [5.41, 5.74) is 6.12. The van der Waals surface area contributed by atoms with Gasteiger partial charge in [-0.1, -0.05) is 15.9 Å². The Labute approximate surface area is 122 Å². The molecule has 0 spiro atoms. The lowest BCUT2D eigenvalue weighted by Crippen LogP contribution is -2.15. The minimum atomic E-state index is -0.955. The number of benzene rings is 2. The number of anilines is 2. The van der Waals surface area contributed by atoms with Crippen LogP contribution >= 0.6 is 15.9 Å². The number of nitrogens with two attached hydrogens (primary N) is 1. The standard InChI is InChI=1S/C14H11BrF2N2O/c1-7-4-8(15)2-3-13(7)19-14(20)9-5-12(18)11(17)6-10(9)16/h2-6H,18H2,1H3,(H,19,20). The summed E-state index contributed by atoms with van der Waals surface area (Å²) in [6.45, 7) is 1.80. The third-order valence-electron chi connectivity index (χ3n) is 2.77. The molecule has 2 aromatic rings. The Hall–Kier alpha value is -1.95. The van der Waals surface area contributed by atoms with E-state index in [0.717, 1.165) is 16.1 Å². The van der Waals surface area contributed by atoms with Gasteiger partial charge in [-0.3, -0.25) is 4.79 Å². The molecule has 1 amide bonds. The molecule has 3 nitrogen and oxygen atoms in total. The number of halogens is 3. The van der Waals surface area contributed by atoms with Crippen molar-refractivity contribution in [1.29, 1.82) is 0 Å². The van der Waals surface area contributed by atoms with Crippen molar-refractivity contribution in [3.8, 4) is 0 Å². The predicted molar refractivity (Wildman–Crippen MR) is 77.6 cm³/mol. The highest BCUT2D eigenvalue weighted by Crippen LogP contribution is 2.22. The van der Waals surface area contributed by atoms with Gasteiger partial charge in [0, 0.05) is 16.2 Å². The van der Waals surface area contributed by atoms with Crippen molar-refractivity contribution in [2.75, 3.05) is 11.1 Å². The number of hydrogen-bond donors (Lipinski definition) is 2. The highest BCUT2D eigenvalue weighted by molar-refractivity contribution is 9.10. The molecule has 0 atom stereocenters. The van der Waals surface area contributed by atoms with Gasteiger partial charge in [0.1, 0.15) is 11.6 Å². The molecule has 104 valence electrons. The van der Waals surface area contributed by atoms with Crippen LogP contribution in [0.5, 0.6) is 0 Å². The van der Waals surface area contributed by atoms with Crippen molar-refractivity contribution in [1.82, 2.24) is 0 Å². The minimum Gasteiger partial charge on any atom is -0.396 e. The van der Waals surface area contributed by atoms with Gasteiger partial charge in [0.05, 0.1) is 11.3 Å². The number of amides is 1. The van der Waals surface area contributed by atoms with Crippen molar-refractivity contribution >= 4 is 33.2 Å². The first-order valence-corrected chi connectivity index (χ1v) is 6.50. The van der Waals surface area contributed by atoms with Crippen LogP contribution < -0.4 is 11.1 Å². The number of carbonyl (C=O) groups excluding carboxylic acids is 1. The molecule has 0 radical (unpaired) electrons. The normalized spacial score (nSPS) is 10.4. The van der Waals surface area contributed by atoms with E-state index in [2.05, 4.69) is 21.2 Å². The summed E-state index contributed by atoms with van der Waals surface area (Å²) in [4.78, 5) is 12.0. The van der Waals surface area contributed by atoms with Crippen molar-refractivity contribution in [2.45, 2.75) is 6.92 Å². The van der Waals surface area contributed by atoms with Crippen LogP contribution in [0.1, 0.15) is 15.9 Å². The van der Waals surface area contributed by atoms with Gasteiger partial charge in [0.2, 0.25) is 0 Å². The fraction of sp³-hybridized carbons (Fsp3) is 0.0714. The van der Waals surface area contributed by atoms with Crippen molar-refractivity contribution in [3.05, 3.63) is 57.6 Å². The summed E-state index contributed by atoms with van der Waals surface area (Å²) in [6.07, 6.45) is 0. The second-order valence-electron chi connectivity index (χ2n) is 4.27. The zero-order chi connectivity index (χ0) is 14.9. The van der Waals surface area contributed by atoms with Crippen molar-refractivity contribution in [3.63, 3.8) is 0 Å². The molecule has 6 heteroatoms. The van der Waals surface area contributed by atoms with Crippen LogP contribution in [0, 0.1) is 18.6 Å². The van der Waals surface area contributed by atoms with Gasteiger partial charge in [-0.05, 0) is 36.8 Å². The first-order valence-electron chi connectivity index (χ1n) is 5.70. The molecule has 0 aliphatic rings. The average molecular weight is 341 g/mol. The van der Waals surface area contributed by atoms with Crippen LogP contribution in [0.2, 0.25) is 0 Å². The second-order valence-corrected chi connectivity index (χ2v) is 5.18. The van der Waals surface area contributed by atoms with Gasteiger partial charge < -0.3 is 11.1 Å². The molecule has 0 aliphatic heterocycles. The molecule has 0 unspecified atom stereocenters. The van der Waals surface area contributed by atoms with E-state index < -0.39 is 17.5 Å². The van der Waals surface area contributed by atoms with Gasteiger partial charge in [-0.15, -0.1) is 0 Å². The molecule has 0 aliphatic carbocycles. The molecule has 2 aromatic carbocycles. The Balaban J connectivity index is 2.31. The van der Waals surface area contributed by atoms with Gasteiger partial charge >= 0.3 is 0 Å². The lowest BCUT2D eigenvalue weighted by molar-refractivity contribution is 0.102. The topological polar surface area (TPSA) is 55.1 Å². The molecular formula is C14H11BrF2N2O. The van der Waals surface area contributed by atoms with E-state index in [1.54, 1.807) is 19.1 Å². The summed E-state index contributed by atoms with van der Waals surface area (Å²) in [7, 11) is 0. The molecule has 0 saturated heterocycles. The third kappa shape index (κ3) is 2.96. The van der Waals surface area contributed by atoms with Crippen LogP contribution in [-0.2, 0) is 0 Å². The average Bonchev–Trinajstić information content (AvgIpc) is 2.37. The van der Waals surface area contributed by atoms with Gasteiger partial charge in [0.15, 0.2) is 0 Å². The zero-order valence-corrected chi connectivity index (χ0v) is 12.1. The molecule has 0 heterocycles. The lowest BCUT2D eigenvalue weighted by Gasteiger charge is -2.10. The Morgan fingerprint density at radius 3 is 2.55 bits per heavy atom. The van der Waals surface area contributed by atoms with E-state index in [4.69, 9.17) is 5.73 Å². The maximum absolute atomic E-state index is 13.6. The smallest absolute Gasteiger partial charge is 0.258 e. The number of carbonyl (C=O) groups is 1. The summed E-state index contributed by atoms with van der Waals surface area (Å²) in [5.74, 6) is -2.53. The molecule has 0 bridgehead atoms. The van der Waals surface area contributed by atoms with Gasteiger partial charge in [-0.25, -0.2) is 8.78 Å². The summed E-state index contributed by atoms with van der Waals surface area (Å²) < 4.78 is 27.5. The van der Waals surface area contributed by atoms with Gasteiger partial charge in [-0.2, -0.15) is 0 Å². The van der Waals surface area contributed by atoms with E-state index in [0.29, 0.717) is 11.8 Å². The molecule has 20 heavy (non-hydrogen) atoms. The summed E-state index contributed by atoms with van der Waals surface area (Å²) >= 11 is 3.31. The van der Waals surface area contributed by atoms with Gasteiger partial charge in [0.25, 0.3) is 5.91 Å². The number of nitrogen functional groups attached to an aromatic ring is 1. The fourth-order valence-electron chi connectivity index (χ4n) is 1.70. The van der Waals surface area contributed by atoms with Crippen LogP contribution in [0.4, 0.5) is 20.2 Å². The molecular weight excluding hydrogens is 330 g/mol. The van der Waals surface area contributed by atoms with Crippen LogP contribution in [-0.4, -0.2) is 5.91 Å². The van der Waals surface area contributed by atoms with E-state index >= 15 is 0 Å². The molecule has 2 rings (SSSR count). The maximum Gasteiger partial charge on any atom is 0.258 e. The number of nitrogens with one attached hydrogen (secondary N) is 1. The molecule has 3 N–H and O–H groups in total. The predicted octanol–water partition coefficient (Wildman–Crippen LogP) is 3.87. The Bertz CT molecular complexity index is 689. The number of hydrogen-bond acceptors (Lipinski definition) is 2. The molecule has 0 saturated carbocycles. The highest BCUT2D eigenvalue weighted by Gasteiger charge is 2.15. The Kier molecular flexibility index (Phi) is 4.04. The fourth-order valence-corrected chi connectivity index (χ4v) is 2.17. The van der Waals surface area contributed by atoms with Crippen LogP contribution in [0.3, 0.4) is 0 Å². The molecule has 0 aromatic heterocycles. The largest absolute Gasteiger partial charge is 0.396 e. The van der Waals surface area contributed by atoms with Crippen LogP contribution in [0.15, 0.2) is 34.8 Å². The highest BCUT2D eigenvalue weighted by atomic mass is 79.9. The van der Waals surface area contributed by atoms with Crippen LogP contribution in [0.25, 0.3) is 0 Å². The number of aryl methyl sites for hydroxylation is 1. The van der Waals surface area contributed by atoms with E-state index in [1.807, 2.05) is 6.07 Å². The summed E-state index contributed by atoms with van der Waals surface area (Å²) in [6, 6.07) is 6.82. The van der Waals surface area contributed by atoms with E-state index in [-0.39, 0.29) is 11.3 Å². The lowest BCUT2D eigenvalue weighted by atomic mass is 10.1. The van der Waals surface area contributed by atoms with Crippen molar-refractivity contribution in [2.24, 2.45) is 0 Å². The Morgan fingerprint density at radius 2 is 1.90 bits per heavy atom. The summed E-state index contributed by atoms with van der Waals surface area (Å²) in [5, 5.41) is 2.56. The van der Waals surface area contributed by atoms with Crippen molar-refractivity contribution < 1.29 is 13.6 Å². The number of rotatable bonds is 2. The third-order valence-corrected chi connectivity index (χ3v) is 3.26.